The second-order valence-corrected chi connectivity index (χ2v) is 17.1. The highest BCUT2D eigenvalue weighted by Crippen LogP contribution is 2.77. The van der Waals surface area contributed by atoms with Crippen molar-refractivity contribution in [2.45, 2.75) is 126 Å². The van der Waals surface area contributed by atoms with E-state index in [9.17, 15) is 15.0 Å². The van der Waals surface area contributed by atoms with Crippen molar-refractivity contribution in [2.75, 3.05) is 20.2 Å². The average Bonchev–Trinajstić information content (AvgIpc) is 3.68. The van der Waals surface area contributed by atoms with E-state index in [2.05, 4.69) is 59.0 Å². The molecule has 0 heterocycles. The summed E-state index contributed by atoms with van der Waals surface area (Å²) in [6, 6.07) is 0. The molecule has 43 heavy (non-hydrogen) atoms. The highest BCUT2D eigenvalue weighted by atomic mass is 16.3. The van der Waals surface area contributed by atoms with E-state index in [0.717, 1.165) is 45.1 Å². The van der Waals surface area contributed by atoms with E-state index < -0.39 is 0 Å². The van der Waals surface area contributed by atoms with Crippen LogP contribution in [0.2, 0.25) is 0 Å². The number of hydrogen-bond acceptors (Lipinski definition) is 4. The Balaban J connectivity index is 1.78. The maximum absolute atomic E-state index is 12.3. The van der Waals surface area contributed by atoms with Crippen LogP contribution in [0.4, 0.5) is 0 Å². The Morgan fingerprint density at radius 2 is 1.84 bits per heavy atom. The summed E-state index contributed by atoms with van der Waals surface area (Å²) in [6.45, 7) is 23.8. The minimum absolute atomic E-state index is 0.0128. The molecule has 0 aromatic rings. The first kappa shape index (κ1) is 34.5. The second kappa shape index (κ2) is 12.4. The Bertz CT molecular complexity index is 1110. The molecule has 0 aliphatic heterocycles. The van der Waals surface area contributed by atoms with Gasteiger partial charge in [0, 0.05) is 18.4 Å². The number of ketones is 1. The Morgan fingerprint density at radius 3 is 2.37 bits per heavy atom. The molecule has 4 aliphatic rings. The van der Waals surface area contributed by atoms with Gasteiger partial charge in [-0.05, 0) is 155 Å². The zero-order valence-corrected chi connectivity index (χ0v) is 29.2. The molecule has 3 fully saturated rings. The van der Waals surface area contributed by atoms with Crippen molar-refractivity contribution in [3.8, 4) is 0 Å². The van der Waals surface area contributed by atoms with Gasteiger partial charge in [-0.1, -0.05) is 59.8 Å². The molecular weight excluding hydrogens is 530 g/mol. The van der Waals surface area contributed by atoms with Crippen LogP contribution in [0, 0.1) is 56.7 Å². The van der Waals surface area contributed by atoms with E-state index in [-0.39, 0.29) is 45.4 Å². The largest absolute Gasteiger partial charge is 0.513 e. The summed E-state index contributed by atoms with van der Waals surface area (Å²) >= 11 is 0. The third kappa shape index (κ3) is 5.98. The summed E-state index contributed by atoms with van der Waals surface area (Å²) in [5, 5.41) is 25.4. The van der Waals surface area contributed by atoms with Gasteiger partial charge >= 0.3 is 0 Å². The fourth-order valence-corrected chi connectivity index (χ4v) is 11.7. The van der Waals surface area contributed by atoms with Crippen molar-refractivity contribution < 1.29 is 15.0 Å². The topological polar surface area (TPSA) is 69.6 Å². The fourth-order valence-electron chi connectivity index (χ4n) is 11.7. The van der Waals surface area contributed by atoms with Crippen molar-refractivity contribution in [3.63, 3.8) is 0 Å². The van der Waals surface area contributed by atoms with Gasteiger partial charge in [0.15, 0.2) is 0 Å². The van der Waals surface area contributed by atoms with Crippen molar-refractivity contribution in [3.05, 3.63) is 35.6 Å². The standard InChI is InChI=1S/C39H65NO3/c1-26(2)22-35(7)15-16-37(9)32-13-14-34(36(8,25-41)31(12-11-19-40-10)27(3)20-29(5)42)38(17-18-38)33(32)21-28(4)39(37,24-35)23-30(6)43/h21,23,26-27,31-32,34,40-41,43H,4,11-20,22,24-25H2,1-3,5-10H3/b30-23+/t27?,31?,32?,34?,35-,36-,37?,39-/m1/s1. The van der Waals surface area contributed by atoms with Gasteiger partial charge in [0.1, 0.15) is 5.78 Å². The molecule has 3 N–H and O–H groups in total. The molecule has 1 spiro atoms. The summed E-state index contributed by atoms with van der Waals surface area (Å²) in [5.74, 6) is 2.72. The Labute approximate surface area is 264 Å². The van der Waals surface area contributed by atoms with Crippen LogP contribution in [-0.2, 0) is 4.79 Å². The van der Waals surface area contributed by atoms with Crippen molar-refractivity contribution in [1.29, 1.82) is 0 Å². The maximum Gasteiger partial charge on any atom is 0.130 e. The predicted molar refractivity (Wildman–Crippen MR) is 180 cm³/mol. The maximum atomic E-state index is 12.3. The number of nitrogens with one attached hydrogen (secondary N) is 1. The van der Waals surface area contributed by atoms with Crippen LogP contribution in [-0.4, -0.2) is 36.2 Å². The van der Waals surface area contributed by atoms with Gasteiger partial charge in [-0.15, -0.1) is 0 Å². The normalized spacial score (nSPS) is 36.4. The summed E-state index contributed by atoms with van der Waals surface area (Å²) in [5.41, 5.74) is 2.67. The average molecular weight is 596 g/mol. The number of aliphatic hydroxyl groups excluding tert-OH is 2. The lowest BCUT2D eigenvalue weighted by atomic mass is 9.38. The van der Waals surface area contributed by atoms with Crippen LogP contribution in [0.3, 0.4) is 0 Å². The lowest BCUT2D eigenvalue weighted by Crippen LogP contribution is -2.58. The van der Waals surface area contributed by atoms with E-state index in [4.69, 9.17) is 6.58 Å². The SMILES string of the molecule is C=C1C=C2C(CCC([C@](C)(CO)C(CCCNC)C(C)CC(C)=O)C23CC3)C2(C)CC[C@](C)(CC(C)C)C[C@]12/C=C(\C)O. The van der Waals surface area contributed by atoms with Crippen LogP contribution in [0.1, 0.15) is 126 Å². The Hall–Kier alpha value is -1.39. The predicted octanol–water partition coefficient (Wildman–Crippen LogP) is 9.21. The number of rotatable bonds is 13. The van der Waals surface area contributed by atoms with Crippen LogP contribution in [0.15, 0.2) is 35.6 Å². The first-order chi connectivity index (χ1) is 20.0. The van der Waals surface area contributed by atoms with E-state index >= 15 is 0 Å². The quantitative estimate of drug-likeness (QED) is 0.147. The summed E-state index contributed by atoms with van der Waals surface area (Å²) in [4.78, 5) is 12.3. The molecule has 8 atom stereocenters. The second-order valence-electron chi connectivity index (χ2n) is 17.1. The van der Waals surface area contributed by atoms with E-state index in [1.54, 1.807) is 12.5 Å². The molecule has 0 radical (unpaired) electrons. The lowest BCUT2D eigenvalue weighted by Gasteiger charge is -2.65. The zero-order valence-electron chi connectivity index (χ0n) is 29.2. The first-order valence-corrected chi connectivity index (χ1v) is 17.6. The van der Waals surface area contributed by atoms with Crippen molar-refractivity contribution in [1.82, 2.24) is 5.32 Å². The van der Waals surface area contributed by atoms with E-state index in [1.807, 2.05) is 14.0 Å². The molecule has 4 heteroatoms. The molecule has 0 amide bonds. The highest BCUT2D eigenvalue weighted by molar-refractivity contribution is 5.75. The van der Waals surface area contributed by atoms with Gasteiger partial charge < -0.3 is 20.3 Å². The van der Waals surface area contributed by atoms with Gasteiger partial charge in [-0.25, -0.2) is 0 Å². The summed E-state index contributed by atoms with van der Waals surface area (Å²) in [7, 11) is 2.01. The van der Waals surface area contributed by atoms with Gasteiger partial charge in [-0.3, -0.25) is 0 Å². The molecule has 0 aromatic carbocycles. The van der Waals surface area contributed by atoms with Gasteiger partial charge in [0.25, 0.3) is 0 Å². The molecule has 244 valence electrons. The molecule has 4 nitrogen and oxygen atoms in total. The lowest BCUT2D eigenvalue weighted by molar-refractivity contribution is -0.120. The van der Waals surface area contributed by atoms with Crippen molar-refractivity contribution >= 4 is 5.78 Å². The smallest absolute Gasteiger partial charge is 0.130 e. The van der Waals surface area contributed by atoms with Crippen LogP contribution >= 0.6 is 0 Å². The molecule has 4 aliphatic carbocycles. The molecule has 0 bridgehead atoms. The zero-order chi connectivity index (χ0) is 32.0. The first-order valence-electron chi connectivity index (χ1n) is 17.6. The number of hydrogen-bond donors (Lipinski definition) is 3. The molecule has 3 saturated carbocycles. The number of aliphatic hydroxyl groups is 2. The van der Waals surface area contributed by atoms with E-state index in [1.165, 1.54) is 31.3 Å². The third-order valence-corrected chi connectivity index (χ3v) is 13.4. The number of carbonyl (C=O) groups is 1. The van der Waals surface area contributed by atoms with Crippen LogP contribution in [0.25, 0.3) is 0 Å². The number of fused-ring (bicyclic) bond motifs is 4. The summed E-state index contributed by atoms with van der Waals surface area (Å²) < 4.78 is 0. The molecule has 0 aromatic heterocycles. The van der Waals surface area contributed by atoms with E-state index in [0.29, 0.717) is 35.9 Å². The minimum atomic E-state index is -0.244. The Kier molecular flexibility index (Phi) is 9.96. The molecule has 5 unspecified atom stereocenters. The number of carbonyl (C=O) groups excluding carboxylic acids is 1. The van der Waals surface area contributed by atoms with Crippen LogP contribution < -0.4 is 5.32 Å². The number of Topliss-reactive ketones (excluding diaryl/α,β-unsaturated/α-hetero) is 1. The van der Waals surface area contributed by atoms with Gasteiger partial charge in [0.05, 0.1) is 5.76 Å². The number of allylic oxidation sites excluding steroid dienone is 5. The van der Waals surface area contributed by atoms with Gasteiger partial charge in [0.2, 0.25) is 0 Å². The third-order valence-electron chi connectivity index (χ3n) is 13.4. The minimum Gasteiger partial charge on any atom is -0.513 e. The highest BCUT2D eigenvalue weighted by Gasteiger charge is 2.68. The van der Waals surface area contributed by atoms with Crippen LogP contribution in [0.5, 0.6) is 0 Å². The Morgan fingerprint density at radius 1 is 1.16 bits per heavy atom. The fraction of sp³-hybridized carbons (Fsp3) is 0.821. The molecule has 4 rings (SSSR count). The monoisotopic (exact) mass is 595 g/mol. The van der Waals surface area contributed by atoms with Gasteiger partial charge in [-0.2, -0.15) is 0 Å². The molecular formula is C39H65NO3. The summed E-state index contributed by atoms with van der Waals surface area (Å²) in [6.07, 6.45) is 16.6. The van der Waals surface area contributed by atoms with Crippen molar-refractivity contribution in [2.24, 2.45) is 56.7 Å². The molecule has 0 saturated heterocycles.